The highest BCUT2D eigenvalue weighted by atomic mass is 16.5. The third kappa shape index (κ3) is 4.04. The monoisotopic (exact) mass is 375 g/mol. The molecule has 9 heteroatoms. The lowest BCUT2D eigenvalue weighted by Gasteiger charge is -2.13. The fourth-order valence-electron chi connectivity index (χ4n) is 2.62. The van der Waals surface area contributed by atoms with E-state index in [9.17, 15) is 4.79 Å². The van der Waals surface area contributed by atoms with E-state index in [1.807, 2.05) is 29.0 Å². The molecule has 2 aromatic heterocycles. The predicted molar refractivity (Wildman–Crippen MR) is 101 cm³/mol. The van der Waals surface area contributed by atoms with E-state index >= 15 is 0 Å². The Labute approximate surface area is 160 Å². The van der Waals surface area contributed by atoms with Crippen LogP contribution in [0.1, 0.15) is 10.4 Å². The van der Waals surface area contributed by atoms with Gasteiger partial charge >= 0.3 is 0 Å². The number of tetrazole rings is 1. The smallest absolute Gasteiger partial charge is 0.255 e. The number of nitrogens with zero attached hydrogens (tertiary/aromatic N) is 6. The number of carbonyl (C=O) groups is 1. The van der Waals surface area contributed by atoms with Crippen LogP contribution < -0.4 is 10.1 Å². The number of anilines is 1. The third-order valence-corrected chi connectivity index (χ3v) is 4.04. The predicted octanol–water partition coefficient (Wildman–Crippen LogP) is 2.19. The molecule has 0 aliphatic carbocycles. The van der Waals surface area contributed by atoms with Crippen LogP contribution in [0.3, 0.4) is 0 Å². The number of carbonyl (C=O) groups excluding carboxylic acids is 1. The van der Waals surface area contributed by atoms with E-state index in [1.165, 1.54) is 11.0 Å². The van der Waals surface area contributed by atoms with Crippen LogP contribution in [0.5, 0.6) is 5.75 Å². The summed E-state index contributed by atoms with van der Waals surface area (Å²) in [5.74, 6) is 0.384. The zero-order chi connectivity index (χ0) is 19.2. The molecule has 0 aliphatic heterocycles. The molecule has 9 nitrogen and oxygen atoms in total. The number of ether oxygens (including phenoxy) is 1. The minimum Gasteiger partial charge on any atom is -0.490 e. The minimum absolute atomic E-state index is 0.228. The van der Waals surface area contributed by atoms with Crippen LogP contribution in [-0.2, 0) is 6.54 Å². The van der Waals surface area contributed by atoms with Crippen molar-refractivity contribution in [2.45, 2.75) is 6.54 Å². The lowest BCUT2D eigenvalue weighted by atomic mass is 10.2. The Hall–Kier alpha value is -4.01. The van der Waals surface area contributed by atoms with Gasteiger partial charge in [0.1, 0.15) is 18.7 Å². The van der Waals surface area contributed by atoms with Crippen molar-refractivity contribution in [2.75, 3.05) is 11.9 Å². The van der Waals surface area contributed by atoms with Gasteiger partial charge in [-0.25, -0.2) is 9.67 Å². The summed E-state index contributed by atoms with van der Waals surface area (Å²) in [5, 5.41) is 13.9. The van der Waals surface area contributed by atoms with Gasteiger partial charge in [-0.2, -0.15) is 0 Å². The van der Waals surface area contributed by atoms with Crippen LogP contribution in [0, 0.1) is 0 Å². The lowest BCUT2D eigenvalue weighted by Crippen LogP contribution is -2.14. The maximum atomic E-state index is 12.6. The van der Waals surface area contributed by atoms with Crippen molar-refractivity contribution in [3.63, 3.8) is 0 Å². The maximum Gasteiger partial charge on any atom is 0.255 e. The van der Waals surface area contributed by atoms with E-state index < -0.39 is 0 Å². The van der Waals surface area contributed by atoms with Gasteiger partial charge in [0.2, 0.25) is 0 Å². The van der Waals surface area contributed by atoms with E-state index in [1.54, 1.807) is 42.9 Å². The van der Waals surface area contributed by atoms with Crippen LogP contribution >= 0.6 is 0 Å². The van der Waals surface area contributed by atoms with Gasteiger partial charge < -0.3 is 14.6 Å². The molecule has 4 aromatic rings. The number of hydrogen-bond donors (Lipinski definition) is 1. The number of benzene rings is 2. The van der Waals surface area contributed by atoms with Crippen molar-refractivity contribution in [2.24, 2.45) is 0 Å². The second-order valence-electron chi connectivity index (χ2n) is 5.90. The molecule has 0 unspecified atom stereocenters. The SMILES string of the molecule is O=C(Nc1ccccc1OCCn1ccnc1)c1ccc(-n2cnnn2)cc1. The summed E-state index contributed by atoms with van der Waals surface area (Å²) in [6.45, 7) is 1.13. The summed E-state index contributed by atoms with van der Waals surface area (Å²) >= 11 is 0. The van der Waals surface area contributed by atoms with E-state index in [0.717, 1.165) is 5.69 Å². The largest absolute Gasteiger partial charge is 0.490 e. The lowest BCUT2D eigenvalue weighted by molar-refractivity contribution is 0.102. The van der Waals surface area contributed by atoms with E-state index in [4.69, 9.17) is 4.74 Å². The van der Waals surface area contributed by atoms with Crippen molar-refractivity contribution in [1.82, 2.24) is 29.8 Å². The average molecular weight is 375 g/mol. The topological polar surface area (TPSA) is 99.8 Å². The van der Waals surface area contributed by atoms with E-state index in [-0.39, 0.29) is 5.91 Å². The molecule has 0 saturated carbocycles. The van der Waals surface area contributed by atoms with Gasteiger partial charge in [-0.3, -0.25) is 4.79 Å². The summed E-state index contributed by atoms with van der Waals surface area (Å²) < 4.78 is 9.27. The highest BCUT2D eigenvalue weighted by Crippen LogP contribution is 2.24. The van der Waals surface area contributed by atoms with Gasteiger partial charge in [0.15, 0.2) is 0 Å². The van der Waals surface area contributed by atoms with Gasteiger partial charge in [-0.1, -0.05) is 12.1 Å². The van der Waals surface area contributed by atoms with Crippen LogP contribution in [0.15, 0.2) is 73.6 Å². The molecule has 1 N–H and O–H groups in total. The quantitative estimate of drug-likeness (QED) is 0.531. The normalized spacial score (nSPS) is 10.6. The van der Waals surface area contributed by atoms with E-state index in [2.05, 4.69) is 25.8 Å². The zero-order valence-electron chi connectivity index (χ0n) is 14.8. The number of hydrogen-bond acceptors (Lipinski definition) is 6. The van der Waals surface area contributed by atoms with Crippen LogP contribution in [-0.4, -0.2) is 42.3 Å². The maximum absolute atomic E-state index is 12.6. The Morgan fingerprint density at radius 1 is 1.07 bits per heavy atom. The molecule has 28 heavy (non-hydrogen) atoms. The molecule has 0 bridgehead atoms. The molecule has 1 amide bonds. The Bertz CT molecular complexity index is 1030. The molecular weight excluding hydrogens is 358 g/mol. The van der Waals surface area contributed by atoms with Crippen molar-refractivity contribution >= 4 is 11.6 Å². The number of nitrogens with one attached hydrogen (secondary N) is 1. The van der Waals surface area contributed by atoms with Crippen molar-refractivity contribution in [3.05, 3.63) is 79.1 Å². The fourth-order valence-corrected chi connectivity index (χ4v) is 2.62. The van der Waals surface area contributed by atoms with Gasteiger partial charge in [-0.05, 0) is 46.8 Å². The second-order valence-corrected chi connectivity index (χ2v) is 5.90. The van der Waals surface area contributed by atoms with E-state index in [0.29, 0.717) is 30.2 Å². The number of para-hydroxylation sites is 2. The van der Waals surface area contributed by atoms with Gasteiger partial charge in [-0.15, -0.1) is 5.10 Å². The molecule has 0 aliphatic rings. The minimum atomic E-state index is -0.228. The number of imidazole rings is 1. The van der Waals surface area contributed by atoms with Crippen molar-refractivity contribution in [3.8, 4) is 11.4 Å². The first-order valence-electron chi connectivity index (χ1n) is 8.62. The molecule has 0 spiro atoms. The second kappa shape index (κ2) is 8.12. The zero-order valence-corrected chi connectivity index (χ0v) is 14.8. The molecule has 2 aromatic carbocycles. The van der Waals surface area contributed by atoms with Crippen molar-refractivity contribution in [1.29, 1.82) is 0 Å². The Kier molecular flexibility index (Phi) is 5.05. The molecule has 0 fully saturated rings. The number of aromatic nitrogens is 6. The molecule has 0 atom stereocenters. The average Bonchev–Trinajstić information content (AvgIpc) is 3.44. The Morgan fingerprint density at radius 3 is 2.68 bits per heavy atom. The fraction of sp³-hybridized carbons (Fsp3) is 0.105. The Morgan fingerprint density at radius 2 is 1.93 bits per heavy atom. The summed E-state index contributed by atoms with van der Waals surface area (Å²) in [4.78, 5) is 16.6. The molecule has 0 radical (unpaired) electrons. The summed E-state index contributed by atoms with van der Waals surface area (Å²) in [6, 6.07) is 14.3. The van der Waals surface area contributed by atoms with Gasteiger partial charge in [0, 0.05) is 18.0 Å². The van der Waals surface area contributed by atoms with Crippen LogP contribution in [0.4, 0.5) is 5.69 Å². The first-order chi connectivity index (χ1) is 13.8. The number of amides is 1. The highest BCUT2D eigenvalue weighted by Gasteiger charge is 2.10. The molecule has 0 saturated heterocycles. The summed E-state index contributed by atoms with van der Waals surface area (Å²) in [5.41, 5.74) is 1.90. The Balaban J connectivity index is 1.41. The molecule has 2 heterocycles. The van der Waals surface area contributed by atoms with Gasteiger partial charge in [0.25, 0.3) is 5.91 Å². The van der Waals surface area contributed by atoms with Crippen LogP contribution in [0.2, 0.25) is 0 Å². The third-order valence-electron chi connectivity index (χ3n) is 4.04. The summed E-state index contributed by atoms with van der Waals surface area (Å²) in [6.07, 6.45) is 6.82. The van der Waals surface area contributed by atoms with Crippen molar-refractivity contribution < 1.29 is 9.53 Å². The highest BCUT2D eigenvalue weighted by molar-refractivity contribution is 6.05. The molecule has 140 valence electrons. The first kappa shape index (κ1) is 17.4. The standard InChI is InChI=1S/C19H17N7O2/c27-19(15-5-7-16(8-6-15)26-14-21-23-24-26)22-17-3-1-2-4-18(17)28-12-11-25-10-9-20-13-25/h1-10,13-14H,11-12H2,(H,22,27). The first-order valence-corrected chi connectivity index (χ1v) is 8.62. The molecule has 4 rings (SSSR count). The number of rotatable bonds is 7. The summed E-state index contributed by atoms with van der Waals surface area (Å²) in [7, 11) is 0. The van der Waals surface area contributed by atoms with Gasteiger partial charge in [0.05, 0.1) is 24.2 Å². The molecular formula is C19H17N7O2. The van der Waals surface area contributed by atoms with Crippen LogP contribution in [0.25, 0.3) is 5.69 Å².